The van der Waals surface area contributed by atoms with Gasteiger partial charge in [0, 0.05) is 24.0 Å². The van der Waals surface area contributed by atoms with E-state index in [-0.39, 0.29) is 0 Å². The highest BCUT2D eigenvalue weighted by Gasteiger charge is 2.22. The van der Waals surface area contributed by atoms with Crippen molar-refractivity contribution in [1.29, 1.82) is 0 Å². The molecule has 1 aromatic rings. The fraction of sp³-hybridized carbons (Fsp3) is 0.533. The molecule has 0 aliphatic carbocycles. The van der Waals surface area contributed by atoms with Crippen LogP contribution < -0.4 is 0 Å². The Morgan fingerprint density at radius 1 is 1.53 bits per heavy atom. The van der Waals surface area contributed by atoms with Crippen LogP contribution in [0.25, 0.3) is 0 Å². The van der Waals surface area contributed by atoms with Gasteiger partial charge in [-0.05, 0) is 49.4 Å². The predicted octanol–water partition coefficient (Wildman–Crippen LogP) is 3.44. The highest BCUT2D eigenvalue weighted by molar-refractivity contribution is 9.10. The molecule has 1 aliphatic rings. The van der Waals surface area contributed by atoms with E-state index < -0.39 is 5.97 Å². The third-order valence-electron chi connectivity index (χ3n) is 3.78. The molecule has 3 nitrogen and oxygen atoms in total. The number of hydrogen-bond donors (Lipinski definition) is 1. The zero-order chi connectivity index (χ0) is 13.8. The number of halogens is 1. The first-order chi connectivity index (χ1) is 9.04. The van der Waals surface area contributed by atoms with Gasteiger partial charge in [-0.1, -0.05) is 28.1 Å². The highest BCUT2D eigenvalue weighted by Crippen LogP contribution is 2.24. The Labute approximate surface area is 122 Å². The molecule has 19 heavy (non-hydrogen) atoms. The van der Waals surface area contributed by atoms with Crippen LogP contribution >= 0.6 is 15.9 Å². The number of carboxylic acid groups (broad SMARTS) is 1. The SMILES string of the molecule is Cc1ccc(CN2CCC(CCC(=O)O)C2)cc1Br. The lowest BCUT2D eigenvalue weighted by atomic mass is 10.0. The summed E-state index contributed by atoms with van der Waals surface area (Å²) in [5.41, 5.74) is 2.57. The number of aliphatic carboxylic acids is 1. The molecule has 1 N–H and O–H groups in total. The molecule has 1 saturated heterocycles. The fourth-order valence-electron chi connectivity index (χ4n) is 2.61. The Morgan fingerprint density at radius 2 is 2.32 bits per heavy atom. The highest BCUT2D eigenvalue weighted by atomic mass is 79.9. The summed E-state index contributed by atoms with van der Waals surface area (Å²) in [6.45, 7) is 5.16. The van der Waals surface area contributed by atoms with Gasteiger partial charge in [0.25, 0.3) is 0 Å². The average molecular weight is 326 g/mol. The number of hydrogen-bond acceptors (Lipinski definition) is 2. The second kappa shape index (κ2) is 6.53. The minimum atomic E-state index is -0.680. The normalized spacial score (nSPS) is 19.8. The summed E-state index contributed by atoms with van der Waals surface area (Å²) in [5.74, 6) is -0.133. The number of likely N-dealkylation sites (tertiary alicyclic amines) is 1. The lowest BCUT2D eigenvalue weighted by molar-refractivity contribution is -0.137. The maximum atomic E-state index is 10.6. The van der Waals surface area contributed by atoms with E-state index in [2.05, 4.69) is 46.0 Å². The number of rotatable bonds is 5. The third-order valence-corrected chi connectivity index (χ3v) is 4.63. The van der Waals surface area contributed by atoms with Gasteiger partial charge in [0.15, 0.2) is 0 Å². The summed E-state index contributed by atoms with van der Waals surface area (Å²) >= 11 is 3.56. The predicted molar refractivity (Wildman–Crippen MR) is 79.1 cm³/mol. The molecule has 104 valence electrons. The molecule has 0 spiro atoms. The van der Waals surface area contributed by atoms with Crippen molar-refractivity contribution in [2.45, 2.75) is 32.7 Å². The molecule has 1 atom stereocenters. The summed E-state index contributed by atoms with van der Waals surface area (Å²) in [6, 6.07) is 6.49. The van der Waals surface area contributed by atoms with Crippen molar-refractivity contribution in [1.82, 2.24) is 4.90 Å². The molecule has 1 heterocycles. The van der Waals surface area contributed by atoms with E-state index in [4.69, 9.17) is 5.11 Å². The lowest BCUT2D eigenvalue weighted by Gasteiger charge is -2.16. The van der Waals surface area contributed by atoms with Crippen LogP contribution in [-0.2, 0) is 11.3 Å². The average Bonchev–Trinajstić information content (AvgIpc) is 2.79. The Hall–Kier alpha value is -0.870. The molecule has 0 amide bonds. The first-order valence-electron chi connectivity index (χ1n) is 6.74. The first-order valence-corrected chi connectivity index (χ1v) is 7.53. The fourth-order valence-corrected chi connectivity index (χ4v) is 3.04. The van der Waals surface area contributed by atoms with Gasteiger partial charge in [0.05, 0.1) is 0 Å². The zero-order valence-electron chi connectivity index (χ0n) is 11.2. The summed E-state index contributed by atoms with van der Waals surface area (Å²) < 4.78 is 1.16. The number of carboxylic acids is 1. The van der Waals surface area contributed by atoms with Gasteiger partial charge in [-0.15, -0.1) is 0 Å². The summed E-state index contributed by atoms with van der Waals surface area (Å²) in [7, 11) is 0. The molecule has 1 aliphatic heterocycles. The van der Waals surface area contributed by atoms with E-state index in [1.54, 1.807) is 0 Å². The van der Waals surface area contributed by atoms with Gasteiger partial charge >= 0.3 is 5.97 Å². The summed E-state index contributed by atoms with van der Waals surface area (Å²) in [5, 5.41) is 8.71. The van der Waals surface area contributed by atoms with E-state index in [1.807, 2.05) is 0 Å². The molecule has 0 bridgehead atoms. The molecule has 0 radical (unpaired) electrons. The number of aryl methyl sites for hydroxylation is 1. The molecule has 2 rings (SSSR count). The Kier molecular flexibility index (Phi) is 4.99. The summed E-state index contributed by atoms with van der Waals surface area (Å²) in [4.78, 5) is 13.0. The van der Waals surface area contributed by atoms with Crippen molar-refractivity contribution >= 4 is 21.9 Å². The number of benzene rings is 1. The topological polar surface area (TPSA) is 40.5 Å². The minimum Gasteiger partial charge on any atom is -0.481 e. The van der Waals surface area contributed by atoms with Gasteiger partial charge in [-0.3, -0.25) is 9.69 Å². The lowest BCUT2D eigenvalue weighted by Crippen LogP contribution is -2.20. The van der Waals surface area contributed by atoms with E-state index in [0.29, 0.717) is 12.3 Å². The van der Waals surface area contributed by atoms with E-state index in [9.17, 15) is 4.79 Å². The molecule has 0 saturated carbocycles. The van der Waals surface area contributed by atoms with Crippen molar-refractivity contribution in [2.24, 2.45) is 5.92 Å². The number of carbonyl (C=O) groups is 1. The van der Waals surface area contributed by atoms with Crippen LogP contribution in [0, 0.1) is 12.8 Å². The minimum absolute atomic E-state index is 0.300. The van der Waals surface area contributed by atoms with Crippen LogP contribution in [0.15, 0.2) is 22.7 Å². The van der Waals surface area contributed by atoms with Crippen LogP contribution in [0.5, 0.6) is 0 Å². The number of nitrogens with zero attached hydrogens (tertiary/aromatic N) is 1. The quantitative estimate of drug-likeness (QED) is 0.901. The maximum absolute atomic E-state index is 10.6. The smallest absolute Gasteiger partial charge is 0.303 e. The van der Waals surface area contributed by atoms with Crippen LogP contribution in [0.1, 0.15) is 30.4 Å². The molecule has 1 fully saturated rings. The largest absolute Gasteiger partial charge is 0.481 e. The Balaban J connectivity index is 1.84. The van der Waals surface area contributed by atoms with Crippen LogP contribution in [0.4, 0.5) is 0 Å². The van der Waals surface area contributed by atoms with Crippen molar-refractivity contribution in [3.05, 3.63) is 33.8 Å². The Bertz CT molecular complexity index is 461. The summed E-state index contributed by atoms with van der Waals surface area (Å²) in [6.07, 6.45) is 2.23. The second-order valence-electron chi connectivity index (χ2n) is 5.41. The van der Waals surface area contributed by atoms with E-state index in [0.717, 1.165) is 36.9 Å². The van der Waals surface area contributed by atoms with Crippen molar-refractivity contribution in [3.63, 3.8) is 0 Å². The van der Waals surface area contributed by atoms with Crippen LogP contribution in [-0.4, -0.2) is 29.1 Å². The van der Waals surface area contributed by atoms with E-state index in [1.165, 1.54) is 11.1 Å². The van der Waals surface area contributed by atoms with Crippen LogP contribution in [0.3, 0.4) is 0 Å². The molecule has 1 unspecified atom stereocenters. The van der Waals surface area contributed by atoms with Gasteiger partial charge in [0.2, 0.25) is 0 Å². The van der Waals surface area contributed by atoms with Crippen molar-refractivity contribution in [2.75, 3.05) is 13.1 Å². The van der Waals surface area contributed by atoms with Gasteiger partial charge in [-0.25, -0.2) is 0 Å². The van der Waals surface area contributed by atoms with Crippen molar-refractivity contribution in [3.8, 4) is 0 Å². The van der Waals surface area contributed by atoms with Crippen molar-refractivity contribution < 1.29 is 9.90 Å². The molecular weight excluding hydrogens is 306 g/mol. The maximum Gasteiger partial charge on any atom is 0.303 e. The van der Waals surface area contributed by atoms with E-state index >= 15 is 0 Å². The van der Waals surface area contributed by atoms with Gasteiger partial charge < -0.3 is 5.11 Å². The first kappa shape index (κ1) is 14.5. The second-order valence-corrected chi connectivity index (χ2v) is 6.26. The molecule has 0 aromatic heterocycles. The monoisotopic (exact) mass is 325 g/mol. The van der Waals surface area contributed by atoms with Gasteiger partial charge in [0.1, 0.15) is 0 Å². The zero-order valence-corrected chi connectivity index (χ0v) is 12.8. The standard InChI is InChI=1S/C15H20BrNO2/c1-11-2-3-13(8-14(11)16)10-17-7-6-12(9-17)4-5-15(18)19/h2-3,8,12H,4-7,9-10H2,1H3,(H,18,19). The van der Waals surface area contributed by atoms with Gasteiger partial charge in [-0.2, -0.15) is 0 Å². The molecule has 4 heteroatoms. The molecular formula is C15H20BrNO2. The van der Waals surface area contributed by atoms with Crippen LogP contribution in [0.2, 0.25) is 0 Å². The third kappa shape index (κ3) is 4.32. The Morgan fingerprint density at radius 3 is 3.00 bits per heavy atom. The molecule has 1 aromatic carbocycles.